The van der Waals surface area contributed by atoms with Crippen LogP contribution in [-0.4, -0.2) is 24.1 Å². The van der Waals surface area contributed by atoms with Crippen LogP contribution in [0.5, 0.6) is 0 Å². The van der Waals surface area contributed by atoms with Crippen molar-refractivity contribution >= 4 is 33.2 Å². The summed E-state index contributed by atoms with van der Waals surface area (Å²) in [6, 6.07) is 17.7. The summed E-state index contributed by atoms with van der Waals surface area (Å²) in [6.07, 6.45) is 7.40. The van der Waals surface area contributed by atoms with E-state index >= 15 is 0 Å². The predicted molar refractivity (Wildman–Crippen MR) is 125 cm³/mol. The zero-order valence-corrected chi connectivity index (χ0v) is 17.7. The van der Waals surface area contributed by atoms with E-state index in [1.54, 1.807) is 10.9 Å². The second-order valence-corrected chi connectivity index (χ2v) is 7.91. The molecular formula is C25H25N5O. The number of unbranched alkanes of at least 4 members (excludes halogenated alkanes) is 4. The standard InChI is InChI=1S/C25H25N5O/c1-2-3-4-5-11-16-29-17-26-23-21(25(29)31)22-24(30(23)18-12-7-6-8-13-18)28-20-15-10-9-14-19(20)27-22/h6-10,12-15,17H,2-5,11,16H2,1H3. The van der Waals surface area contributed by atoms with Gasteiger partial charge in [0.1, 0.15) is 10.9 Å². The number of hydrogen-bond donors (Lipinski definition) is 0. The number of hydrogen-bond acceptors (Lipinski definition) is 4. The van der Waals surface area contributed by atoms with Crippen LogP contribution in [0.1, 0.15) is 39.0 Å². The summed E-state index contributed by atoms with van der Waals surface area (Å²) >= 11 is 0. The molecule has 0 saturated carbocycles. The van der Waals surface area contributed by atoms with Crippen molar-refractivity contribution in [2.45, 2.75) is 45.6 Å². The molecule has 0 unspecified atom stereocenters. The Hall–Kier alpha value is -3.54. The van der Waals surface area contributed by atoms with Gasteiger partial charge < -0.3 is 0 Å². The maximum atomic E-state index is 13.5. The van der Waals surface area contributed by atoms with E-state index < -0.39 is 0 Å². The molecule has 3 aromatic heterocycles. The molecule has 31 heavy (non-hydrogen) atoms. The van der Waals surface area contributed by atoms with Gasteiger partial charge in [0.05, 0.1) is 17.4 Å². The summed E-state index contributed by atoms with van der Waals surface area (Å²) in [6.45, 7) is 2.88. The van der Waals surface area contributed by atoms with Gasteiger partial charge in [0, 0.05) is 12.2 Å². The van der Waals surface area contributed by atoms with Gasteiger partial charge in [-0.2, -0.15) is 0 Å². The molecule has 0 atom stereocenters. The maximum Gasteiger partial charge on any atom is 0.265 e. The average Bonchev–Trinajstić information content (AvgIpc) is 3.13. The predicted octanol–water partition coefficient (Wildman–Crippen LogP) is 5.25. The van der Waals surface area contributed by atoms with E-state index in [-0.39, 0.29) is 5.56 Å². The van der Waals surface area contributed by atoms with Crippen LogP contribution in [0.15, 0.2) is 65.7 Å². The molecule has 0 aliphatic heterocycles. The Bertz CT molecular complexity index is 1420. The second-order valence-electron chi connectivity index (χ2n) is 7.91. The van der Waals surface area contributed by atoms with Crippen molar-refractivity contribution in [3.05, 3.63) is 71.3 Å². The highest BCUT2D eigenvalue weighted by molar-refractivity contribution is 6.05. The number of fused-ring (bicyclic) bond motifs is 4. The molecule has 0 aliphatic carbocycles. The van der Waals surface area contributed by atoms with Crippen LogP contribution < -0.4 is 5.56 Å². The quantitative estimate of drug-likeness (QED) is 0.343. The molecule has 0 bridgehead atoms. The van der Waals surface area contributed by atoms with Crippen LogP contribution in [0.2, 0.25) is 0 Å². The molecule has 2 aromatic carbocycles. The summed E-state index contributed by atoms with van der Waals surface area (Å²) in [5.41, 5.74) is 4.30. The fraction of sp³-hybridized carbons (Fsp3) is 0.280. The highest BCUT2D eigenvalue weighted by Crippen LogP contribution is 2.28. The van der Waals surface area contributed by atoms with Gasteiger partial charge in [-0.3, -0.25) is 13.9 Å². The van der Waals surface area contributed by atoms with Crippen molar-refractivity contribution in [3.8, 4) is 5.69 Å². The average molecular weight is 412 g/mol. The van der Waals surface area contributed by atoms with Crippen LogP contribution in [0, 0.1) is 0 Å². The van der Waals surface area contributed by atoms with Crippen LogP contribution in [0.3, 0.4) is 0 Å². The molecule has 0 spiro atoms. The molecular weight excluding hydrogens is 386 g/mol. The van der Waals surface area contributed by atoms with Gasteiger partial charge >= 0.3 is 0 Å². The zero-order chi connectivity index (χ0) is 21.2. The molecule has 5 rings (SSSR count). The molecule has 0 aliphatic rings. The van der Waals surface area contributed by atoms with Gasteiger partial charge in [-0.1, -0.05) is 62.9 Å². The lowest BCUT2D eigenvalue weighted by molar-refractivity contribution is 0.556. The SMILES string of the molecule is CCCCCCCn1cnc2c(c1=O)c1nc3ccccc3nc1n2-c1ccccc1. The Morgan fingerprint density at radius 1 is 0.806 bits per heavy atom. The minimum absolute atomic E-state index is 0.0512. The summed E-state index contributed by atoms with van der Waals surface area (Å²) in [5, 5.41) is 0.535. The highest BCUT2D eigenvalue weighted by Gasteiger charge is 2.20. The zero-order valence-electron chi connectivity index (χ0n) is 17.7. The lowest BCUT2D eigenvalue weighted by Gasteiger charge is -2.07. The summed E-state index contributed by atoms with van der Waals surface area (Å²) in [5.74, 6) is 0. The Balaban J connectivity index is 1.72. The Labute approximate surface area is 180 Å². The van der Waals surface area contributed by atoms with Crippen molar-refractivity contribution in [2.24, 2.45) is 0 Å². The van der Waals surface area contributed by atoms with Crippen molar-refractivity contribution in [2.75, 3.05) is 0 Å². The molecule has 0 N–H and O–H groups in total. The lowest BCUT2D eigenvalue weighted by atomic mass is 10.1. The van der Waals surface area contributed by atoms with Gasteiger partial charge in [-0.15, -0.1) is 0 Å². The topological polar surface area (TPSA) is 65.6 Å². The molecule has 0 saturated heterocycles. The monoisotopic (exact) mass is 411 g/mol. The van der Waals surface area contributed by atoms with Gasteiger partial charge in [0.25, 0.3) is 5.56 Å². The maximum absolute atomic E-state index is 13.5. The molecule has 0 radical (unpaired) electrons. The van der Waals surface area contributed by atoms with E-state index in [4.69, 9.17) is 15.0 Å². The highest BCUT2D eigenvalue weighted by atomic mass is 16.1. The van der Waals surface area contributed by atoms with E-state index in [1.165, 1.54) is 19.3 Å². The normalized spacial score (nSPS) is 11.6. The smallest absolute Gasteiger partial charge is 0.265 e. The van der Waals surface area contributed by atoms with Crippen LogP contribution in [-0.2, 0) is 6.54 Å². The van der Waals surface area contributed by atoms with Crippen LogP contribution in [0.4, 0.5) is 0 Å². The van der Waals surface area contributed by atoms with E-state index in [0.717, 1.165) is 29.6 Å². The number of rotatable bonds is 7. The molecule has 6 nitrogen and oxygen atoms in total. The number of aromatic nitrogens is 5. The Morgan fingerprint density at radius 2 is 1.52 bits per heavy atom. The summed E-state index contributed by atoms with van der Waals surface area (Å²) in [4.78, 5) is 27.9. The molecule has 0 amide bonds. The fourth-order valence-electron chi connectivity index (χ4n) is 4.14. The van der Waals surface area contributed by atoms with E-state index in [1.807, 2.05) is 59.2 Å². The van der Waals surface area contributed by atoms with E-state index in [0.29, 0.717) is 28.7 Å². The first-order chi connectivity index (χ1) is 15.3. The second kappa shape index (κ2) is 8.30. The van der Waals surface area contributed by atoms with E-state index in [9.17, 15) is 4.79 Å². The third-order valence-electron chi connectivity index (χ3n) is 5.75. The number of aryl methyl sites for hydroxylation is 1. The van der Waals surface area contributed by atoms with Crippen molar-refractivity contribution in [1.82, 2.24) is 24.1 Å². The first-order valence-corrected chi connectivity index (χ1v) is 11.0. The molecule has 5 aromatic rings. The third-order valence-corrected chi connectivity index (χ3v) is 5.75. The first kappa shape index (κ1) is 19.4. The Morgan fingerprint density at radius 3 is 2.29 bits per heavy atom. The van der Waals surface area contributed by atoms with Crippen molar-refractivity contribution < 1.29 is 0 Å². The fourth-order valence-corrected chi connectivity index (χ4v) is 4.14. The summed E-state index contributed by atoms with van der Waals surface area (Å²) in [7, 11) is 0. The third kappa shape index (κ3) is 3.48. The number of para-hydroxylation sites is 3. The minimum atomic E-state index is -0.0512. The first-order valence-electron chi connectivity index (χ1n) is 11.0. The van der Waals surface area contributed by atoms with Crippen molar-refractivity contribution in [3.63, 3.8) is 0 Å². The molecule has 156 valence electrons. The summed E-state index contributed by atoms with van der Waals surface area (Å²) < 4.78 is 3.66. The Kier molecular flexibility index (Phi) is 5.20. The number of nitrogens with zero attached hydrogens (tertiary/aromatic N) is 5. The lowest BCUT2D eigenvalue weighted by Crippen LogP contribution is -2.20. The van der Waals surface area contributed by atoms with Crippen LogP contribution >= 0.6 is 0 Å². The van der Waals surface area contributed by atoms with Crippen molar-refractivity contribution in [1.29, 1.82) is 0 Å². The molecule has 0 fully saturated rings. The minimum Gasteiger partial charge on any atom is -0.299 e. The van der Waals surface area contributed by atoms with Gasteiger partial charge in [-0.05, 0) is 30.7 Å². The van der Waals surface area contributed by atoms with Gasteiger partial charge in [0.15, 0.2) is 11.3 Å². The molecule has 6 heteroatoms. The van der Waals surface area contributed by atoms with Gasteiger partial charge in [-0.25, -0.2) is 15.0 Å². The van der Waals surface area contributed by atoms with E-state index in [2.05, 4.69) is 6.92 Å². The largest absolute Gasteiger partial charge is 0.299 e. The van der Waals surface area contributed by atoms with Crippen LogP contribution in [0.25, 0.3) is 38.9 Å². The molecule has 3 heterocycles. The number of benzene rings is 2. The van der Waals surface area contributed by atoms with Gasteiger partial charge in [0.2, 0.25) is 0 Å².